The first kappa shape index (κ1) is 9.03. The lowest BCUT2D eigenvalue weighted by molar-refractivity contribution is 0.609. The number of furan rings is 1. The molecule has 0 fully saturated rings. The second-order valence-corrected chi connectivity index (χ2v) is 2.34. The first-order valence-corrected chi connectivity index (χ1v) is 3.42. The van der Waals surface area contributed by atoms with Gasteiger partial charge in [-0.2, -0.15) is 0 Å². The molecule has 2 rings (SSSR count). The fourth-order valence-corrected chi connectivity index (χ4v) is 1.10. The van der Waals surface area contributed by atoms with E-state index in [1.165, 1.54) is 0 Å². The van der Waals surface area contributed by atoms with Crippen LogP contribution in [0, 0.1) is 0 Å². The van der Waals surface area contributed by atoms with Crippen molar-refractivity contribution < 1.29 is 4.42 Å². The highest BCUT2D eigenvalue weighted by atomic mass is 35.5. The number of hydrogen-bond acceptors (Lipinski definition) is 3. The van der Waals surface area contributed by atoms with E-state index >= 15 is 0 Å². The smallest absolute Gasteiger partial charge is 0.152 e. The van der Waals surface area contributed by atoms with Gasteiger partial charge in [0.25, 0.3) is 0 Å². The van der Waals surface area contributed by atoms with Crippen LogP contribution in [0.2, 0.25) is 0 Å². The number of nitrogens with two attached hydrogens (primary N) is 1. The molecule has 64 valence electrons. The monoisotopic (exact) mass is 184 g/mol. The molecule has 0 saturated carbocycles. The molecule has 2 N–H and O–H groups in total. The molecule has 0 saturated heterocycles. The Morgan fingerprint density at radius 3 is 3.08 bits per heavy atom. The van der Waals surface area contributed by atoms with Crippen LogP contribution in [0.25, 0.3) is 11.0 Å². The second-order valence-electron chi connectivity index (χ2n) is 2.34. The van der Waals surface area contributed by atoms with Gasteiger partial charge in [-0.05, 0) is 6.07 Å². The quantitative estimate of drug-likeness (QED) is 0.734. The van der Waals surface area contributed by atoms with Crippen LogP contribution in [0.4, 0.5) is 0 Å². The van der Waals surface area contributed by atoms with Crippen molar-refractivity contribution in [1.29, 1.82) is 0 Å². The van der Waals surface area contributed by atoms with Crippen molar-refractivity contribution in [3.05, 3.63) is 30.3 Å². The molecule has 0 unspecified atom stereocenters. The van der Waals surface area contributed by atoms with Crippen LogP contribution in [0.5, 0.6) is 0 Å². The zero-order valence-electron chi connectivity index (χ0n) is 6.36. The van der Waals surface area contributed by atoms with Crippen molar-refractivity contribution in [3.8, 4) is 0 Å². The van der Waals surface area contributed by atoms with Gasteiger partial charge in [-0.3, -0.25) is 4.98 Å². The minimum atomic E-state index is 0. The molecule has 3 nitrogen and oxygen atoms in total. The molecule has 0 spiro atoms. The summed E-state index contributed by atoms with van der Waals surface area (Å²) in [4.78, 5) is 3.93. The number of halogens is 1. The number of hydrogen-bond donors (Lipinski definition) is 1. The summed E-state index contributed by atoms with van der Waals surface area (Å²) in [6.07, 6.45) is 5.10. The second kappa shape index (κ2) is 3.56. The van der Waals surface area contributed by atoms with E-state index in [1.54, 1.807) is 18.7 Å². The van der Waals surface area contributed by atoms with Gasteiger partial charge < -0.3 is 10.2 Å². The molecule has 0 amide bonds. The minimum Gasteiger partial charge on any atom is -0.462 e. The van der Waals surface area contributed by atoms with Gasteiger partial charge in [-0.15, -0.1) is 12.4 Å². The van der Waals surface area contributed by atoms with Gasteiger partial charge in [-0.1, -0.05) is 0 Å². The Hall–Kier alpha value is -1.06. The van der Waals surface area contributed by atoms with E-state index in [2.05, 4.69) is 4.98 Å². The van der Waals surface area contributed by atoms with Gasteiger partial charge in [-0.25, -0.2) is 0 Å². The van der Waals surface area contributed by atoms with Crippen molar-refractivity contribution in [2.75, 3.05) is 0 Å². The lowest BCUT2D eigenvalue weighted by Gasteiger charge is -1.88. The summed E-state index contributed by atoms with van der Waals surface area (Å²) < 4.78 is 5.20. The average molecular weight is 185 g/mol. The van der Waals surface area contributed by atoms with Gasteiger partial charge in [0, 0.05) is 23.7 Å². The molecule has 0 radical (unpaired) electrons. The van der Waals surface area contributed by atoms with Gasteiger partial charge >= 0.3 is 0 Å². The summed E-state index contributed by atoms with van der Waals surface area (Å²) in [5.41, 5.74) is 7.31. The molecule has 0 atom stereocenters. The van der Waals surface area contributed by atoms with Gasteiger partial charge in [0.2, 0.25) is 0 Å². The van der Waals surface area contributed by atoms with Crippen molar-refractivity contribution in [2.24, 2.45) is 5.73 Å². The lowest BCUT2D eigenvalue weighted by atomic mass is 10.2. The number of nitrogens with zero attached hydrogens (tertiary/aromatic N) is 1. The first-order chi connectivity index (χ1) is 5.42. The third-order valence-corrected chi connectivity index (χ3v) is 1.68. The van der Waals surface area contributed by atoms with Crippen LogP contribution < -0.4 is 5.73 Å². The van der Waals surface area contributed by atoms with Crippen LogP contribution in [0.1, 0.15) is 5.56 Å². The van der Waals surface area contributed by atoms with Crippen LogP contribution in [-0.2, 0) is 6.54 Å². The predicted molar refractivity (Wildman–Crippen MR) is 49.1 cm³/mol. The lowest BCUT2D eigenvalue weighted by Crippen LogP contribution is -1.93. The fraction of sp³-hybridized carbons (Fsp3) is 0.125. The van der Waals surface area contributed by atoms with Crippen LogP contribution in [-0.4, -0.2) is 4.98 Å². The highest BCUT2D eigenvalue weighted by molar-refractivity contribution is 5.85. The largest absolute Gasteiger partial charge is 0.462 e. The zero-order chi connectivity index (χ0) is 7.68. The average Bonchev–Trinajstić information content (AvgIpc) is 2.47. The molecule has 2 heterocycles. The third-order valence-electron chi connectivity index (χ3n) is 1.68. The van der Waals surface area contributed by atoms with Gasteiger partial charge in [0.1, 0.15) is 0 Å². The summed E-state index contributed by atoms with van der Waals surface area (Å²) in [6.45, 7) is 0.511. The molecule has 0 aromatic carbocycles. The maximum atomic E-state index is 5.48. The highest BCUT2D eigenvalue weighted by Crippen LogP contribution is 2.18. The number of rotatable bonds is 1. The SMILES string of the molecule is Cl.NCc1coc2cnccc12. The van der Waals surface area contributed by atoms with Crippen molar-refractivity contribution in [1.82, 2.24) is 4.98 Å². The summed E-state index contributed by atoms with van der Waals surface area (Å²) in [5.74, 6) is 0. The van der Waals surface area contributed by atoms with E-state index in [0.29, 0.717) is 6.54 Å². The summed E-state index contributed by atoms with van der Waals surface area (Å²) in [5, 5.41) is 1.06. The van der Waals surface area contributed by atoms with Crippen LogP contribution >= 0.6 is 12.4 Å². The Morgan fingerprint density at radius 1 is 1.50 bits per heavy atom. The zero-order valence-corrected chi connectivity index (χ0v) is 7.17. The first-order valence-electron chi connectivity index (χ1n) is 3.42. The van der Waals surface area contributed by atoms with Crippen molar-refractivity contribution in [3.63, 3.8) is 0 Å². The molecular formula is C8H9ClN2O. The molecule has 12 heavy (non-hydrogen) atoms. The maximum Gasteiger partial charge on any atom is 0.152 e. The summed E-state index contributed by atoms with van der Waals surface area (Å²) in [6, 6.07) is 1.90. The predicted octanol–water partition coefficient (Wildman–Crippen LogP) is 1.71. The minimum absolute atomic E-state index is 0. The number of pyridine rings is 1. The fourth-order valence-electron chi connectivity index (χ4n) is 1.10. The van der Waals surface area contributed by atoms with Crippen LogP contribution in [0.3, 0.4) is 0 Å². The number of aromatic nitrogens is 1. The van der Waals surface area contributed by atoms with Crippen molar-refractivity contribution in [2.45, 2.75) is 6.54 Å². The Labute approximate surface area is 76.0 Å². The van der Waals surface area contributed by atoms with E-state index < -0.39 is 0 Å². The molecule has 2 aromatic heterocycles. The third kappa shape index (κ3) is 1.29. The topological polar surface area (TPSA) is 52.0 Å². The molecule has 0 bridgehead atoms. The van der Waals surface area contributed by atoms with E-state index in [9.17, 15) is 0 Å². The van der Waals surface area contributed by atoms with Gasteiger partial charge in [0.05, 0.1) is 12.5 Å². The maximum absolute atomic E-state index is 5.48. The standard InChI is InChI=1S/C8H8N2O.ClH/c9-3-6-5-11-8-4-10-2-1-7(6)8;/h1-2,4-5H,3,9H2;1H. The molecule has 0 aliphatic heterocycles. The molecule has 0 aliphatic rings. The van der Waals surface area contributed by atoms with E-state index in [-0.39, 0.29) is 12.4 Å². The highest BCUT2D eigenvalue weighted by Gasteiger charge is 2.01. The van der Waals surface area contributed by atoms with E-state index in [1.807, 2.05) is 6.07 Å². The van der Waals surface area contributed by atoms with Crippen molar-refractivity contribution >= 4 is 23.4 Å². The van der Waals surface area contributed by atoms with E-state index in [4.69, 9.17) is 10.2 Å². The van der Waals surface area contributed by atoms with Crippen LogP contribution in [0.15, 0.2) is 29.1 Å². The molecule has 4 heteroatoms. The molecule has 2 aromatic rings. The molecular weight excluding hydrogens is 176 g/mol. The molecule has 0 aliphatic carbocycles. The number of fused-ring (bicyclic) bond motifs is 1. The van der Waals surface area contributed by atoms with Gasteiger partial charge in [0.15, 0.2) is 5.58 Å². The summed E-state index contributed by atoms with van der Waals surface area (Å²) >= 11 is 0. The normalized spacial score (nSPS) is 9.75. The Balaban J connectivity index is 0.000000720. The Morgan fingerprint density at radius 2 is 2.33 bits per heavy atom. The summed E-state index contributed by atoms with van der Waals surface area (Å²) in [7, 11) is 0. The Bertz CT molecular complexity index is 372. The van der Waals surface area contributed by atoms with E-state index in [0.717, 1.165) is 16.5 Å². The Kier molecular flexibility index (Phi) is 2.68.